The van der Waals surface area contributed by atoms with Crippen LogP contribution in [0, 0.1) is 15.4 Å². The van der Waals surface area contributed by atoms with Gasteiger partial charge in [0.25, 0.3) is 5.91 Å². The molecule has 5 atom stereocenters. The van der Waals surface area contributed by atoms with Crippen LogP contribution in [-0.4, -0.2) is 64.4 Å². The first-order chi connectivity index (χ1) is 15.6. The minimum absolute atomic E-state index is 0.0608. The molecule has 1 aromatic carbocycles. The molecule has 0 bridgehead atoms. The van der Waals surface area contributed by atoms with E-state index in [2.05, 4.69) is 29.2 Å². The summed E-state index contributed by atoms with van der Waals surface area (Å²) < 4.78 is 7.62. The van der Waals surface area contributed by atoms with Gasteiger partial charge in [0.05, 0.1) is 36.5 Å². The predicted molar refractivity (Wildman–Crippen MR) is 134 cm³/mol. The first-order valence-electron chi connectivity index (χ1n) is 11.6. The van der Waals surface area contributed by atoms with Crippen molar-refractivity contribution < 1.29 is 24.5 Å². The lowest BCUT2D eigenvalue weighted by Crippen LogP contribution is -2.46. The Morgan fingerprint density at radius 3 is 2.79 bits per heavy atom. The number of carbonyl (C=O) groups excluding carboxylic acids is 2. The molecule has 2 N–H and O–H groups in total. The van der Waals surface area contributed by atoms with Crippen molar-refractivity contribution in [2.24, 2.45) is 11.8 Å². The molecule has 1 aromatic rings. The van der Waals surface area contributed by atoms with Gasteiger partial charge in [-0.15, -0.1) is 6.58 Å². The minimum Gasteiger partial charge on any atom is -0.394 e. The van der Waals surface area contributed by atoms with E-state index < -0.39 is 23.2 Å². The van der Waals surface area contributed by atoms with Gasteiger partial charge in [0.2, 0.25) is 5.91 Å². The van der Waals surface area contributed by atoms with Crippen LogP contribution in [0.1, 0.15) is 45.6 Å². The number of ether oxygens (including phenoxy) is 1. The molecule has 0 unspecified atom stereocenters. The molecule has 4 rings (SSSR count). The van der Waals surface area contributed by atoms with E-state index in [-0.39, 0.29) is 36.8 Å². The quantitative estimate of drug-likeness (QED) is 0.407. The van der Waals surface area contributed by atoms with Gasteiger partial charge in [0, 0.05) is 34.1 Å². The van der Waals surface area contributed by atoms with E-state index in [1.165, 1.54) is 0 Å². The van der Waals surface area contributed by atoms with Gasteiger partial charge in [-0.2, -0.15) is 0 Å². The van der Waals surface area contributed by atoms with Gasteiger partial charge >= 0.3 is 0 Å². The second-order valence-electron chi connectivity index (χ2n) is 10.00. The second kappa shape index (κ2) is 8.94. The van der Waals surface area contributed by atoms with Crippen molar-refractivity contribution in [1.82, 2.24) is 4.90 Å². The Kier molecular flexibility index (Phi) is 6.67. The molecule has 7 nitrogen and oxygen atoms in total. The molecule has 8 heteroatoms. The number of fused-ring (bicyclic) bond motifs is 2. The number of hydrogen-bond acceptors (Lipinski definition) is 5. The Labute approximate surface area is 208 Å². The van der Waals surface area contributed by atoms with E-state index in [4.69, 9.17) is 4.74 Å². The van der Waals surface area contributed by atoms with Gasteiger partial charge in [-0.05, 0) is 67.5 Å². The summed E-state index contributed by atoms with van der Waals surface area (Å²) in [5.74, 6) is -1.08. The third-order valence-electron chi connectivity index (χ3n) is 7.54. The van der Waals surface area contributed by atoms with E-state index in [1.54, 1.807) is 29.7 Å². The van der Waals surface area contributed by atoms with Crippen molar-refractivity contribution in [1.29, 1.82) is 0 Å². The average Bonchev–Trinajstić information content (AvgIpc) is 3.39. The fourth-order valence-electron chi connectivity index (χ4n) is 6.20. The van der Waals surface area contributed by atoms with Crippen LogP contribution < -0.4 is 4.90 Å². The molecule has 180 valence electrons. The molecule has 33 heavy (non-hydrogen) atoms. The second-order valence-corrected chi connectivity index (χ2v) is 11.2. The van der Waals surface area contributed by atoms with Crippen LogP contribution in [0.25, 0.3) is 0 Å². The SMILES string of the molecule is C=CCN1C(=O)[C@@]2(O[C@@H](CC(=O)N3CCC[C@H]3CO)[C@H](C(C)(C)O)[C@H]2C)c2cc(I)ccc21. The van der Waals surface area contributed by atoms with Crippen LogP contribution in [0.15, 0.2) is 30.9 Å². The van der Waals surface area contributed by atoms with Gasteiger partial charge in [0.1, 0.15) is 0 Å². The van der Waals surface area contributed by atoms with Crippen molar-refractivity contribution >= 4 is 40.1 Å². The van der Waals surface area contributed by atoms with E-state index >= 15 is 0 Å². The molecule has 3 aliphatic rings. The molecule has 0 aliphatic carbocycles. The van der Waals surface area contributed by atoms with Crippen molar-refractivity contribution in [2.75, 3.05) is 24.6 Å². The Morgan fingerprint density at radius 1 is 1.42 bits per heavy atom. The molecule has 3 aliphatic heterocycles. The molecular formula is C25H33IN2O5. The Balaban J connectivity index is 1.75. The summed E-state index contributed by atoms with van der Waals surface area (Å²) in [6.45, 7) is 10.1. The number of aliphatic hydroxyl groups excluding tert-OH is 1. The Bertz CT molecular complexity index is 961. The summed E-state index contributed by atoms with van der Waals surface area (Å²) >= 11 is 2.22. The van der Waals surface area contributed by atoms with Gasteiger partial charge in [-0.3, -0.25) is 9.59 Å². The zero-order valence-corrected chi connectivity index (χ0v) is 21.6. The number of carbonyl (C=O) groups is 2. The maximum absolute atomic E-state index is 13.9. The average molecular weight is 568 g/mol. The number of nitrogens with zero attached hydrogens (tertiary/aromatic N) is 2. The van der Waals surface area contributed by atoms with Gasteiger partial charge in [0.15, 0.2) is 5.60 Å². The normalized spacial score (nSPS) is 31.5. The molecule has 0 radical (unpaired) electrons. The summed E-state index contributed by atoms with van der Waals surface area (Å²) in [5.41, 5.74) is -0.860. The summed E-state index contributed by atoms with van der Waals surface area (Å²) in [7, 11) is 0. The number of rotatable bonds is 6. The largest absolute Gasteiger partial charge is 0.394 e. The van der Waals surface area contributed by atoms with Crippen LogP contribution in [-0.2, 0) is 19.9 Å². The molecule has 2 saturated heterocycles. The highest BCUT2D eigenvalue weighted by Gasteiger charge is 2.66. The molecule has 2 amide bonds. The number of likely N-dealkylation sites (tertiary alicyclic amines) is 1. The smallest absolute Gasteiger partial charge is 0.264 e. The van der Waals surface area contributed by atoms with Crippen LogP contribution in [0.5, 0.6) is 0 Å². The zero-order valence-electron chi connectivity index (χ0n) is 19.5. The Morgan fingerprint density at radius 2 is 2.15 bits per heavy atom. The zero-order chi connectivity index (χ0) is 24.1. The molecule has 1 spiro atoms. The molecular weight excluding hydrogens is 535 g/mol. The van der Waals surface area contributed by atoms with Crippen molar-refractivity contribution in [3.63, 3.8) is 0 Å². The van der Waals surface area contributed by atoms with Crippen LogP contribution in [0.2, 0.25) is 0 Å². The van der Waals surface area contributed by atoms with Crippen molar-refractivity contribution in [3.05, 3.63) is 40.0 Å². The summed E-state index contributed by atoms with van der Waals surface area (Å²) in [6.07, 6.45) is 2.76. The summed E-state index contributed by atoms with van der Waals surface area (Å²) in [5, 5.41) is 20.8. The third-order valence-corrected chi connectivity index (χ3v) is 8.21. The number of amides is 2. The van der Waals surface area contributed by atoms with E-state index in [9.17, 15) is 19.8 Å². The number of anilines is 1. The maximum atomic E-state index is 13.9. The number of halogens is 1. The lowest BCUT2D eigenvalue weighted by Gasteiger charge is -2.34. The molecule has 0 aromatic heterocycles. The molecule has 3 heterocycles. The van der Waals surface area contributed by atoms with Gasteiger partial charge in [-0.1, -0.05) is 13.0 Å². The lowest BCUT2D eigenvalue weighted by atomic mass is 9.71. The van der Waals surface area contributed by atoms with Crippen LogP contribution in [0.4, 0.5) is 5.69 Å². The standard InChI is InChI=1S/C25H33IN2O5/c1-5-10-28-19-9-8-16(26)12-18(19)25(23(28)31)15(2)22(24(3,4)32)20(33-25)13-21(30)27-11-6-7-17(27)14-29/h5,8-9,12,15,17,20,22,29,32H,1,6-7,10-11,13-14H2,2-4H3/t15-,17+,20+,22-,25+/m1/s1. The van der Waals surface area contributed by atoms with Gasteiger partial charge in [-0.25, -0.2) is 0 Å². The third kappa shape index (κ3) is 3.92. The first kappa shape index (κ1) is 24.6. The topological polar surface area (TPSA) is 90.3 Å². The highest BCUT2D eigenvalue weighted by molar-refractivity contribution is 14.1. The van der Waals surface area contributed by atoms with E-state index in [1.807, 2.05) is 25.1 Å². The fourth-order valence-corrected chi connectivity index (χ4v) is 6.69. The predicted octanol–water partition coefficient (Wildman–Crippen LogP) is 2.81. The van der Waals surface area contributed by atoms with Gasteiger partial charge < -0.3 is 24.7 Å². The Hall–Kier alpha value is -1.49. The summed E-state index contributed by atoms with van der Waals surface area (Å²) in [4.78, 5) is 30.5. The minimum atomic E-state index is -1.27. The first-order valence-corrected chi connectivity index (χ1v) is 12.7. The van der Waals surface area contributed by atoms with Crippen LogP contribution >= 0.6 is 22.6 Å². The van der Waals surface area contributed by atoms with Crippen LogP contribution in [0.3, 0.4) is 0 Å². The summed E-state index contributed by atoms with van der Waals surface area (Å²) in [6, 6.07) is 5.68. The highest BCUT2D eigenvalue weighted by Crippen LogP contribution is 2.58. The molecule has 0 saturated carbocycles. The van der Waals surface area contributed by atoms with E-state index in [0.29, 0.717) is 13.1 Å². The fraction of sp³-hybridized carbons (Fsp3) is 0.600. The number of hydrogen-bond donors (Lipinski definition) is 2. The van der Waals surface area contributed by atoms with Crippen molar-refractivity contribution in [3.8, 4) is 0 Å². The lowest BCUT2D eigenvalue weighted by molar-refractivity contribution is -0.150. The molecule has 2 fully saturated rings. The van der Waals surface area contributed by atoms with E-state index in [0.717, 1.165) is 27.7 Å². The number of aliphatic hydroxyl groups is 2. The van der Waals surface area contributed by atoms with Crippen molar-refractivity contribution in [2.45, 2.75) is 63.4 Å². The highest BCUT2D eigenvalue weighted by atomic mass is 127. The maximum Gasteiger partial charge on any atom is 0.264 e. The number of benzene rings is 1. The monoisotopic (exact) mass is 568 g/mol.